The van der Waals surface area contributed by atoms with Crippen molar-refractivity contribution in [2.75, 3.05) is 5.32 Å². The Hall–Kier alpha value is -3.49. The number of hydrogen-bond acceptors (Lipinski definition) is 5. The predicted octanol–water partition coefficient (Wildman–Crippen LogP) is 4.00. The highest BCUT2D eigenvalue weighted by molar-refractivity contribution is 5.88. The molecule has 9 heteroatoms. The number of alkyl halides is 3. The zero-order chi connectivity index (χ0) is 18.7. The number of carboxylic acids is 1. The average molecular weight is 360 g/mol. The highest BCUT2D eigenvalue weighted by Crippen LogP contribution is 2.31. The van der Waals surface area contributed by atoms with Gasteiger partial charge in [0.1, 0.15) is 0 Å². The first kappa shape index (κ1) is 17.3. The Kier molecular flexibility index (Phi) is 4.53. The zero-order valence-electron chi connectivity index (χ0n) is 13.0. The Balaban J connectivity index is 1.99. The quantitative estimate of drug-likeness (QED) is 0.731. The molecular formula is C17H11F3N4O2. The molecule has 2 aromatic heterocycles. The van der Waals surface area contributed by atoms with Crippen LogP contribution in [0.4, 0.5) is 24.8 Å². The topological polar surface area (TPSA) is 88.0 Å². The van der Waals surface area contributed by atoms with E-state index in [-0.39, 0.29) is 17.2 Å². The minimum atomic E-state index is -4.64. The molecule has 0 aliphatic rings. The first-order valence-corrected chi connectivity index (χ1v) is 7.30. The second-order valence-corrected chi connectivity index (χ2v) is 5.20. The Bertz CT molecular complexity index is 929. The van der Waals surface area contributed by atoms with Crippen molar-refractivity contribution in [1.82, 2.24) is 15.0 Å². The maximum atomic E-state index is 13.1. The van der Waals surface area contributed by atoms with Crippen LogP contribution in [0.5, 0.6) is 0 Å². The van der Waals surface area contributed by atoms with Crippen molar-refractivity contribution in [2.24, 2.45) is 0 Å². The van der Waals surface area contributed by atoms with Crippen LogP contribution in [0.3, 0.4) is 0 Å². The third-order valence-electron chi connectivity index (χ3n) is 3.38. The average Bonchev–Trinajstić information content (AvgIpc) is 2.62. The Labute approximate surface area is 145 Å². The van der Waals surface area contributed by atoms with E-state index >= 15 is 0 Å². The molecule has 0 spiro atoms. The smallest absolute Gasteiger partial charge is 0.433 e. The van der Waals surface area contributed by atoms with E-state index < -0.39 is 17.8 Å². The number of carbonyl (C=O) groups is 1. The minimum Gasteiger partial charge on any atom is -0.478 e. The van der Waals surface area contributed by atoms with Crippen LogP contribution in [0.15, 0.2) is 54.9 Å². The molecule has 0 atom stereocenters. The number of aromatic carboxylic acids is 1. The van der Waals surface area contributed by atoms with E-state index in [2.05, 4.69) is 20.3 Å². The van der Waals surface area contributed by atoms with Crippen LogP contribution in [-0.4, -0.2) is 26.0 Å². The molecule has 26 heavy (non-hydrogen) atoms. The summed E-state index contributed by atoms with van der Waals surface area (Å²) in [7, 11) is 0. The second kappa shape index (κ2) is 6.79. The molecule has 0 fully saturated rings. The number of nitrogens with one attached hydrogen (secondary N) is 1. The molecule has 2 heterocycles. The Morgan fingerprint density at radius 3 is 2.23 bits per heavy atom. The standard InChI is InChI=1S/C17H11F3N4O2/c18-17(19,20)14-9-13(10-5-7-21-8-6-10)23-16(24-14)22-12-3-1-11(2-4-12)15(25)26/h1-9H,(H,25,26)(H,22,23,24). The Morgan fingerprint density at radius 1 is 1.00 bits per heavy atom. The van der Waals surface area contributed by atoms with Crippen LogP contribution in [0, 0.1) is 0 Å². The summed E-state index contributed by atoms with van der Waals surface area (Å²) in [5.41, 5.74) is -0.145. The Morgan fingerprint density at radius 2 is 1.65 bits per heavy atom. The molecule has 2 N–H and O–H groups in total. The lowest BCUT2D eigenvalue weighted by atomic mass is 10.1. The number of hydrogen-bond donors (Lipinski definition) is 2. The van der Waals surface area contributed by atoms with Gasteiger partial charge in [-0.3, -0.25) is 4.98 Å². The number of carboxylic acid groups (broad SMARTS) is 1. The van der Waals surface area contributed by atoms with Crippen molar-refractivity contribution in [3.8, 4) is 11.3 Å². The molecule has 0 saturated heterocycles. The molecule has 0 unspecified atom stereocenters. The van der Waals surface area contributed by atoms with Crippen LogP contribution >= 0.6 is 0 Å². The van der Waals surface area contributed by atoms with Crippen LogP contribution < -0.4 is 5.32 Å². The van der Waals surface area contributed by atoms with Gasteiger partial charge in [-0.1, -0.05) is 0 Å². The van der Waals surface area contributed by atoms with Gasteiger partial charge >= 0.3 is 12.1 Å². The van der Waals surface area contributed by atoms with E-state index in [4.69, 9.17) is 5.11 Å². The molecule has 0 saturated carbocycles. The largest absolute Gasteiger partial charge is 0.478 e. The zero-order valence-corrected chi connectivity index (χ0v) is 13.0. The monoisotopic (exact) mass is 360 g/mol. The number of rotatable bonds is 4. The molecule has 1 aromatic carbocycles. The third-order valence-corrected chi connectivity index (χ3v) is 3.38. The highest BCUT2D eigenvalue weighted by Gasteiger charge is 2.33. The van der Waals surface area contributed by atoms with Gasteiger partial charge in [-0.2, -0.15) is 13.2 Å². The van der Waals surface area contributed by atoms with Crippen LogP contribution in [0.2, 0.25) is 0 Å². The number of aromatic nitrogens is 3. The summed E-state index contributed by atoms with van der Waals surface area (Å²) in [6.07, 6.45) is -1.75. The third kappa shape index (κ3) is 3.94. The van der Waals surface area contributed by atoms with Crippen LogP contribution in [0.25, 0.3) is 11.3 Å². The summed E-state index contributed by atoms with van der Waals surface area (Å²) in [5, 5.41) is 11.5. The van der Waals surface area contributed by atoms with Gasteiger partial charge in [-0.05, 0) is 42.5 Å². The lowest BCUT2D eigenvalue weighted by Crippen LogP contribution is -2.11. The van der Waals surface area contributed by atoms with Crippen molar-refractivity contribution in [2.45, 2.75) is 6.18 Å². The van der Waals surface area contributed by atoms with Crippen LogP contribution in [-0.2, 0) is 6.18 Å². The highest BCUT2D eigenvalue weighted by atomic mass is 19.4. The van der Waals surface area contributed by atoms with E-state index in [0.717, 1.165) is 6.07 Å². The van der Waals surface area contributed by atoms with Gasteiger partial charge in [0.05, 0.1) is 11.3 Å². The minimum absolute atomic E-state index is 0.0537. The van der Waals surface area contributed by atoms with Crippen molar-refractivity contribution in [1.29, 1.82) is 0 Å². The van der Waals surface area contributed by atoms with E-state index in [0.29, 0.717) is 11.3 Å². The van der Waals surface area contributed by atoms with Crippen molar-refractivity contribution >= 4 is 17.6 Å². The van der Waals surface area contributed by atoms with E-state index in [1.165, 1.54) is 48.8 Å². The van der Waals surface area contributed by atoms with Gasteiger partial charge in [0.25, 0.3) is 0 Å². The SMILES string of the molecule is O=C(O)c1ccc(Nc2nc(-c3ccncc3)cc(C(F)(F)F)n2)cc1. The van der Waals surface area contributed by atoms with Crippen molar-refractivity contribution in [3.05, 3.63) is 66.1 Å². The number of anilines is 2. The molecule has 0 bridgehead atoms. The van der Waals surface area contributed by atoms with Crippen LogP contribution in [0.1, 0.15) is 16.1 Å². The summed E-state index contributed by atoms with van der Waals surface area (Å²) < 4.78 is 39.4. The summed E-state index contributed by atoms with van der Waals surface area (Å²) in [4.78, 5) is 22.3. The van der Waals surface area contributed by atoms with Gasteiger partial charge in [-0.15, -0.1) is 0 Å². The first-order chi connectivity index (χ1) is 12.3. The number of halogens is 3. The maximum Gasteiger partial charge on any atom is 0.433 e. The summed E-state index contributed by atoms with van der Waals surface area (Å²) in [6, 6.07) is 9.40. The molecule has 0 radical (unpaired) electrons. The van der Waals surface area contributed by atoms with Gasteiger partial charge in [0.2, 0.25) is 5.95 Å². The van der Waals surface area contributed by atoms with E-state index in [1.807, 2.05) is 0 Å². The van der Waals surface area contributed by atoms with Crippen molar-refractivity contribution < 1.29 is 23.1 Å². The van der Waals surface area contributed by atoms with Gasteiger partial charge < -0.3 is 10.4 Å². The first-order valence-electron chi connectivity index (χ1n) is 7.30. The molecule has 132 valence electrons. The number of nitrogens with zero attached hydrogens (tertiary/aromatic N) is 3. The molecule has 3 aromatic rings. The fourth-order valence-electron chi connectivity index (χ4n) is 2.14. The summed E-state index contributed by atoms with van der Waals surface area (Å²) >= 11 is 0. The number of benzene rings is 1. The molecule has 0 aliphatic carbocycles. The molecule has 3 rings (SSSR count). The normalized spacial score (nSPS) is 11.2. The van der Waals surface area contributed by atoms with Crippen molar-refractivity contribution in [3.63, 3.8) is 0 Å². The molecule has 0 aliphatic heterocycles. The fourth-order valence-corrected chi connectivity index (χ4v) is 2.14. The second-order valence-electron chi connectivity index (χ2n) is 5.20. The summed E-state index contributed by atoms with van der Waals surface area (Å²) in [6.45, 7) is 0. The van der Waals surface area contributed by atoms with E-state index in [9.17, 15) is 18.0 Å². The van der Waals surface area contributed by atoms with Gasteiger partial charge in [-0.25, -0.2) is 14.8 Å². The maximum absolute atomic E-state index is 13.1. The molecular weight excluding hydrogens is 349 g/mol. The van der Waals surface area contributed by atoms with Gasteiger partial charge in [0.15, 0.2) is 5.69 Å². The van der Waals surface area contributed by atoms with Gasteiger partial charge in [0, 0.05) is 23.6 Å². The fraction of sp³-hybridized carbons (Fsp3) is 0.0588. The summed E-state index contributed by atoms with van der Waals surface area (Å²) in [5.74, 6) is -1.36. The lowest BCUT2D eigenvalue weighted by molar-refractivity contribution is -0.141. The molecule has 0 amide bonds. The molecule has 6 nitrogen and oxygen atoms in total. The van der Waals surface area contributed by atoms with E-state index in [1.54, 1.807) is 0 Å². The number of pyridine rings is 1. The lowest BCUT2D eigenvalue weighted by Gasteiger charge is -2.12. The predicted molar refractivity (Wildman–Crippen MR) is 86.9 cm³/mol.